The Bertz CT molecular complexity index is 2310. The van der Waals surface area contributed by atoms with Gasteiger partial charge in [-0.15, -0.1) is 0 Å². The Kier molecular flexibility index (Phi) is 8.48. The molecule has 0 amide bonds. The van der Waals surface area contributed by atoms with E-state index in [0.29, 0.717) is 11.5 Å². The number of rotatable bonds is 7. The van der Waals surface area contributed by atoms with Crippen LogP contribution in [0.3, 0.4) is 0 Å². The number of aromatic hydroxyl groups is 1. The summed E-state index contributed by atoms with van der Waals surface area (Å²) in [7, 11) is 0. The fourth-order valence-electron chi connectivity index (χ4n) is 6.33. The van der Waals surface area contributed by atoms with Crippen molar-refractivity contribution in [2.24, 2.45) is 4.99 Å². The van der Waals surface area contributed by atoms with Gasteiger partial charge in [0.25, 0.3) is 0 Å². The number of benzene rings is 6. The quantitative estimate of drug-likeness (QED) is 0.176. The van der Waals surface area contributed by atoms with E-state index < -0.39 is 0 Å². The maximum Gasteiger partial charge on any atom is 0.147 e. The molecule has 0 saturated heterocycles. The van der Waals surface area contributed by atoms with Crippen molar-refractivity contribution in [2.75, 3.05) is 0 Å². The summed E-state index contributed by atoms with van der Waals surface area (Å²) in [4.78, 5) is 10.3. The standard InChI is InChI=1S/C45H41N3O/c1-30(2)31-14-11-15-32(26-31)33-16-12-17-34(27-33)38-21-13-23-41-43(38)47-44(48(41)37-18-7-6-8-19-37)39-20-9-10-22-40(39)46-29-35-28-36(45(3,4)5)24-25-42(35)49/h6-30,49H,1-5H3. The highest BCUT2D eigenvalue weighted by Gasteiger charge is 2.20. The molecule has 7 aromatic rings. The third-order valence-electron chi connectivity index (χ3n) is 9.14. The van der Waals surface area contributed by atoms with Crippen LogP contribution in [-0.4, -0.2) is 20.9 Å². The summed E-state index contributed by atoms with van der Waals surface area (Å²) >= 11 is 0. The highest BCUT2D eigenvalue weighted by atomic mass is 16.3. The number of hydrogen-bond acceptors (Lipinski definition) is 3. The van der Waals surface area contributed by atoms with Crippen molar-refractivity contribution in [2.45, 2.75) is 46.0 Å². The number of para-hydroxylation sites is 3. The summed E-state index contributed by atoms with van der Waals surface area (Å²) in [6.07, 6.45) is 1.75. The van der Waals surface area contributed by atoms with Gasteiger partial charge in [0.1, 0.15) is 11.6 Å². The van der Waals surface area contributed by atoms with Gasteiger partial charge in [-0.2, -0.15) is 0 Å². The molecule has 0 bridgehead atoms. The van der Waals surface area contributed by atoms with Crippen molar-refractivity contribution in [1.29, 1.82) is 0 Å². The van der Waals surface area contributed by atoms with Crippen LogP contribution in [0, 0.1) is 0 Å². The molecule has 0 aliphatic heterocycles. The van der Waals surface area contributed by atoms with Crippen molar-refractivity contribution in [3.05, 3.63) is 156 Å². The predicted octanol–water partition coefficient (Wildman–Crippen LogP) is 11.9. The molecular formula is C45H41N3O. The monoisotopic (exact) mass is 639 g/mol. The first-order valence-electron chi connectivity index (χ1n) is 16.9. The molecule has 0 saturated carbocycles. The molecule has 0 unspecified atom stereocenters. The predicted molar refractivity (Wildman–Crippen MR) is 206 cm³/mol. The maximum absolute atomic E-state index is 10.7. The average molecular weight is 640 g/mol. The molecule has 1 heterocycles. The maximum atomic E-state index is 10.7. The fraction of sp³-hybridized carbons (Fsp3) is 0.156. The van der Waals surface area contributed by atoms with Gasteiger partial charge in [0.15, 0.2) is 0 Å². The van der Waals surface area contributed by atoms with Gasteiger partial charge in [-0.3, -0.25) is 9.56 Å². The molecule has 0 spiro atoms. The summed E-state index contributed by atoms with van der Waals surface area (Å²) in [6.45, 7) is 11.0. The number of hydrogen-bond donors (Lipinski definition) is 1. The number of aromatic nitrogens is 2. The summed E-state index contributed by atoms with van der Waals surface area (Å²) in [5.74, 6) is 1.47. The summed E-state index contributed by atoms with van der Waals surface area (Å²) in [5.41, 5.74) is 12.3. The molecule has 1 aromatic heterocycles. The molecule has 0 atom stereocenters. The van der Waals surface area contributed by atoms with E-state index in [0.717, 1.165) is 50.5 Å². The lowest BCUT2D eigenvalue weighted by Crippen LogP contribution is -2.11. The van der Waals surface area contributed by atoms with E-state index in [4.69, 9.17) is 9.98 Å². The zero-order chi connectivity index (χ0) is 34.1. The molecule has 4 nitrogen and oxygen atoms in total. The lowest BCUT2D eigenvalue weighted by molar-refractivity contribution is 0.473. The van der Waals surface area contributed by atoms with Gasteiger partial charge < -0.3 is 5.11 Å². The Morgan fingerprint density at radius 1 is 0.673 bits per heavy atom. The minimum Gasteiger partial charge on any atom is -0.507 e. The van der Waals surface area contributed by atoms with E-state index in [1.165, 1.54) is 16.7 Å². The third kappa shape index (κ3) is 6.42. The van der Waals surface area contributed by atoms with Crippen LogP contribution in [0.2, 0.25) is 0 Å². The van der Waals surface area contributed by atoms with Crippen LogP contribution in [0.5, 0.6) is 5.75 Å². The zero-order valence-electron chi connectivity index (χ0n) is 28.7. The molecule has 7 rings (SSSR count). The average Bonchev–Trinajstić information content (AvgIpc) is 3.51. The lowest BCUT2D eigenvalue weighted by Gasteiger charge is -2.19. The van der Waals surface area contributed by atoms with E-state index >= 15 is 0 Å². The number of fused-ring (bicyclic) bond motifs is 1. The Hall–Kier alpha value is -5.74. The second kappa shape index (κ2) is 13.0. The van der Waals surface area contributed by atoms with Crippen molar-refractivity contribution < 1.29 is 5.11 Å². The highest BCUT2D eigenvalue weighted by Crippen LogP contribution is 2.39. The Morgan fingerprint density at radius 3 is 2.12 bits per heavy atom. The van der Waals surface area contributed by atoms with E-state index in [-0.39, 0.29) is 11.2 Å². The Balaban J connectivity index is 1.39. The Labute approximate surface area is 289 Å². The van der Waals surface area contributed by atoms with Crippen LogP contribution < -0.4 is 0 Å². The molecule has 49 heavy (non-hydrogen) atoms. The van der Waals surface area contributed by atoms with Crippen molar-refractivity contribution in [3.8, 4) is 45.1 Å². The van der Waals surface area contributed by atoms with Gasteiger partial charge in [0.05, 0.1) is 16.7 Å². The van der Waals surface area contributed by atoms with E-state index in [1.807, 2.05) is 36.4 Å². The number of imidazole rings is 1. The number of nitrogens with zero attached hydrogens (tertiary/aromatic N) is 3. The highest BCUT2D eigenvalue weighted by molar-refractivity contribution is 5.97. The van der Waals surface area contributed by atoms with Gasteiger partial charge in [-0.25, -0.2) is 4.98 Å². The molecule has 1 N–H and O–H groups in total. The molecule has 4 heteroatoms. The van der Waals surface area contributed by atoms with Gasteiger partial charge >= 0.3 is 0 Å². The zero-order valence-corrected chi connectivity index (χ0v) is 28.7. The van der Waals surface area contributed by atoms with Crippen LogP contribution in [-0.2, 0) is 5.41 Å². The first-order valence-corrected chi connectivity index (χ1v) is 16.9. The molecule has 242 valence electrons. The Morgan fingerprint density at radius 2 is 1.35 bits per heavy atom. The van der Waals surface area contributed by atoms with Crippen molar-refractivity contribution in [1.82, 2.24) is 9.55 Å². The first-order chi connectivity index (χ1) is 23.7. The fourth-order valence-corrected chi connectivity index (χ4v) is 6.33. The smallest absolute Gasteiger partial charge is 0.147 e. The van der Waals surface area contributed by atoms with Gasteiger partial charge in [-0.1, -0.05) is 126 Å². The van der Waals surface area contributed by atoms with Gasteiger partial charge in [-0.05, 0) is 87.7 Å². The third-order valence-corrected chi connectivity index (χ3v) is 9.14. The topological polar surface area (TPSA) is 50.4 Å². The largest absolute Gasteiger partial charge is 0.507 e. The number of phenols is 1. The number of aliphatic imine (C=N–C) groups is 1. The summed E-state index contributed by atoms with van der Waals surface area (Å²) in [6, 6.07) is 48.2. The van der Waals surface area contributed by atoms with Gasteiger partial charge in [0.2, 0.25) is 0 Å². The number of phenolic OH excluding ortho intramolecular Hbond substituents is 1. The molecule has 6 aromatic carbocycles. The van der Waals surface area contributed by atoms with Crippen molar-refractivity contribution >= 4 is 22.9 Å². The van der Waals surface area contributed by atoms with Crippen LogP contribution >= 0.6 is 0 Å². The van der Waals surface area contributed by atoms with Crippen LogP contribution in [0.4, 0.5) is 5.69 Å². The normalized spacial score (nSPS) is 12.0. The van der Waals surface area contributed by atoms with E-state index in [2.05, 4.69) is 136 Å². The molecule has 0 fully saturated rings. The van der Waals surface area contributed by atoms with E-state index in [9.17, 15) is 5.11 Å². The van der Waals surface area contributed by atoms with Crippen molar-refractivity contribution in [3.63, 3.8) is 0 Å². The minimum absolute atomic E-state index is 0.0515. The first kappa shape index (κ1) is 31.8. The van der Waals surface area contributed by atoms with E-state index in [1.54, 1.807) is 12.3 Å². The van der Waals surface area contributed by atoms with Gasteiger partial charge in [0, 0.05) is 28.6 Å². The molecule has 0 aliphatic rings. The summed E-state index contributed by atoms with van der Waals surface area (Å²) < 4.78 is 2.22. The second-order valence-electron chi connectivity index (χ2n) is 13.9. The molecule has 0 aliphatic carbocycles. The molecule has 0 radical (unpaired) electrons. The summed E-state index contributed by atoms with van der Waals surface area (Å²) in [5, 5.41) is 10.7. The second-order valence-corrected chi connectivity index (χ2v) is 13.9. The molecular weight excluding hydrogens is 599 g/mol. The SMILES string of the molecule is CC(C)c1cccc(-c2cccc(-c3cccc4c3nc(-c3ccccc3N=Cc3cc(C(C)(C)C)ccc3O)n4-c3ccccc3)c2)c1. The minimum atomic E-state index is -0.0515. The lowest BCUT2D eigenvalue weighted by atomic mass is 9.86. The van der Waals surface area contributed by atoms with Crippen LogP contribution in [0.1, 0.15) is 57.2 Å². The van der Waals surface area contributed by atoms with Crippen LogP contribution in [0.25, 0.3) is 50.4 Å². The van der Waals surface area contributed by atoms with Crippen LogP contribution in [0.15, 0.2) is 145 Å².